The molecule has 0 bridgehead atoms. The van der Waals surface area contributed by atoms with Crippen LogP contribution in [-0.4, -0.2) is 26.9 Å². The van der Waals surface area contributed by atoms with Crippen LogP contribution in [0.15, 0.2) is 60.7 Å². The van der Waals surface area contributed by atoms with E-state index in [2.05, 4.69) is 86.7 Å². The van der Waals surface area contributed by atoms with Gasteiger partial charge < -0.3 is 0 Å². The van der Waals surface area contributed by atoms with E-state index >= 15 is 0 Å². The van der Waals surface area contributed by atoms with Gasteiger partial charge in [0.05, 0.1) is 8.07 Å². The van der Waals surface area contributed by atoms with Crippen molar-refractivity contribution in [1.82, 2.24) is 0 Å². The van der Waals surface area contributed by atoms with Crippen LogP contribution in [0.5, 0.6) is 0 Å². The maximum atomic E-state index is 2.51. The molecule has 0 N–H and O–H groups in total. The van der Waals surface area contributed by atoms with Crippen molar-refractivity contribution in [2.75, 3.05) is 0 Å². The van der Waals surface area contributed by atoms with E-state index in [1.165, 1.54) is 23.2 Å². The van der Waals surface area contributed by atoms with Gasteiger partial charge >= 0.3 is 18.9 Å². The molecule has 2 atom stereocenters. The van der Waals surface area contributed by atoms with Crippen LogP contribution >= 0.6 is 0 Å². The van der Waals surface area contributed by atoms with Crippen molar-refractivity contribution < 1.29 is 0 Å². The van der Waals surface area contributed by atoms with E-state index < -0.39 is 8.07 Å². The Morgan fingerprint density at radius 1 is 0.708 bits per heavy atom. The molecule has 2 aliphatic carbocycles. The SMILES string of the molecule is CC[Si](CC)(C1C=Cc2ccccc21)C1C=Cc2ccccc21.[LiH]. The van der Waals surface area contributed by atoms with E-state index in [1.807, 2.05) is 0 Å². The first-order valence-electron chi connectivity index (χ1n) is 8.84. The monoisotopic (exact) mass is 324 g/mol. The van der Waals surface area contributed by atoms with Gasteiger partial charge in [0.1, 0.15) is 0 Å². The van der Waals surface area contributed by atoms with Gasteiger partial charge in [-0.1, -0.05) is 98.8 Å². The Labute approximate surface area is 158 Å². The molecule has 2 heteroatoms. The Kier molecular flexibility index (Phi) is 5.06. The van der Waals surface area contributed by atoms with Gasteiger partial charge in [0.25, 0.3) is 0 Å². The Morgan fingerprint density at radius 2 is 1.12 bits per heavy atom. The van der Waals surface area contributed by atoms with Crippen molar-refractivity contribution in [3.05, 3.63) is 82.9 Å². The van der Waals surface area contributed by atoms with Gasteiger partial charge in [-0.3, -0.25) is 0 Å². The number of allylic oxidation sites excluding steroid dienone is 2. The molecule has 0 radical (unpaired) electrons. The van der Waals surface area contributed by atoms with Crippen molar-refractivity contribution in [2.24, 2.45) is 0 Å². The summed E-state index contributed by atoms with van der Waals surface area (Å²) in [6.07, 6.45) is 9.74. The summed E-state index contributed by atoms with van der Waals surface area (Å²) in [4.78, 5) is 0. The zero-order valence-corrected chi connectivity index (χ0v) is 15.0. The molecule has 2 unspecified atom stereocenters. The summed E-state index contributed by atoms with van der Waals surface area (Å²) in [6.45, 7) is 4.86. The summed E-state index contributed by atoms with van der Waals surface area (Å²) in [7, 11) is -1.55. The van der Waals surface area contributed by atoms with Gasteiger partial charge in [0, 0.05) is 0 Å². The van der Waals surface area contributed by atoms with Crippen LogP contribution in [0.2, 0.25) is 12.1 Å². The van der Waals surface area contributed by atoms with Gasteiger partial charge in [-0.05, 0) is 33.3 Å². The van der Waals surface area contributed by atoms with Crippen molar-refractivity contribution in [2.45, 2.75) is 37.0 Å². The first-order valence-corrected chi connectivity index (χ1v) is 11.4. The Balaban J connectivity index is 0.00000169. The van der Waals surface area contributed by atoms with Crippen molar-refractivity contribution in [3.8, 4) is 0 Å². The molecule has 0 spiro atoms. The standard InChI is InChI=1S/C22H24Si.Li.H/c1-3-23(4-2,21-15-13-17-9-5-7-11-19(17)21)22-16-14-18-10-6-8-12-20(18)22;;/h5-16,21-22H,3-4H2,1-2H3;;. The van der Waals surface area contributed by atoms with Crippen LogP contribution in [0.4, 0.5) is 0 Å². The van der Waals surface area contributed by atoms with E-state index in [0.29, 0.717) is 11.1 Å². The van der Waals surface area contributed by atoms with Crippen LogP contribution in [-0.2, 0) is 0 Å². The van der Waals surface area contributed by atoms with E-state index in [1.54, 1.807) is 11.1 Å². The molecule has 0 aromatic heterocycles. The molecule has 0 saturated heterocycles. The van der Waals surface area contributed by atoms with Crippen molar-refractivity contribution >= 4 is 39.1 Å². The number of hydrogen-bond acceptors (Lipinski definition) is 0. The van der Waals surface area contributed by atoms with E-state index in [9.17, 15) is 0 Å². The summed E-state index contributed by atoms with van der Waals surface area (Å²) in [6, 6.07) is 20.7. The molecule has 0 fully saturated rings. The van der Waals surface area contributed by atoms with Gasteiger partial charge in [-0.2, -0.15) is 0 Å². The fraction of sp³-hybridized carbons (Fsp3) is 0.273. The van der Waals surface area contributed by atoms with Crippen LogP contribution in [0.3, 0.4) is 0 Å². The fourth-order valence-corrected chi connectivity index (χ4v) is 10.2. The average molecular weight is 324 g/mol. The van der Waals surface area contributed by atoms with E-state index in [4.69, 9.17) is 0 Å². The fourth-order valence-electron chi connectivity index (χ4n) is 4.82. The first-order chi connectivity index (χ1) is 11.3. The first kappa shape index (κ1) is 17.6. The van der Waals surface area contributed by atoms with Gasteiger partial charge in [0.15, 0.2) is 0 Å². The molecule has 2 aliphatic rings. The second-order valence-electron chi connectivity index (χ2n) is 6.87. The molecule has 2 aromatic rings. The molecule has 24 heavy (non-hydrogen) atoms. The molecule has 0 heterocycles. The molecule has 0 amide bonds. The summed E-state index contributed by atoms with van der Waals surface area (Å²) in [5.74, 6) is 0. The summed E-state index contributed by atoms with van der Waals surface area (Å²) >= 11 is 0. The Bertz CT molecular complexity index is 723. The van der Waals surface area contributed by atoms with Crippen LogP contribution in [0.1, 0.15) is 47.2 Å². The Morgan fingerprint density at radius 3 is 1.54 bits per heavy atom. The number of fused-ring (bicyclic) bond motifs is 2. The van der Waals surface area contributed by atoms with E-state index in [-0.39, 0.29) is 18.9 Å². The normalized spacial score (nSPS) is 20.6. The van der Waals surface area contributed by atoms with Crippen LogP contribution < -0.4 is 0 Å². The third-order valence-electron chi connectivity index (χ3n) is 6.15. The molecule has 4 rings (SSSR count). The zero-order chi connectivity index (χ0) is 15.9. The molecule has 118 valence electrons. The number of rotatable bonds is 4. The van der Waals surface area contributed by atoms with Crippen LogP contribution in [0, 0.1) is 0 Å². The minimum absolute atomic E-state index is 0. The second kappa shape index (κ2) is 6.92. The molecule has 0 aliphatic heterocycles. The van der Waals surface area contributed by atoms with Gasteiger partial charge in [-0.15, -0.1) is 0 Å². The minimum atomic E-state index is -1.55. The maximum absolute atomic E-state index is 2.51. The third kappa shape index (κ3) is 2.51. The molecule has 2 aromatic carbocycles. The number of benzene rings is 2. The quantitative estimate of drug-likeness (QED) is 0.649. The third-order valence-corrected chi connectivity index (χ3v) is 12.3. The number of hydrogen-bond donors (Lipinski definition) is 0. The summed E-state index contributed by atoms with van der Waals surface area (Å²) < 4.78 is 0. The van der Waals surface area contributed by atoms with Crippen molar-refractivity contribution in [1.29, 1.82) is 0 Å². The topological polar surface area (TPSA) is 0 Å². The summed E-state index contributed by atoms with van der Waals surface area (Å²) in [5, 5.41) is 0. The second-order valence-corrected chi connectivity index (χ2v) is 12.0. The molecule has 0 saturated carbocycles. The van der Waals surface area contributed by atoms with Crippen molar-refractivity contribution in [3.63, 3.8) is 0 Å². The van der Waals surface area contributed by atoms with E-state index in [0.717, 1.165) is 0 Å². The predicted molar refractivity (Wildman–Crippen MR) is 110 cm³/mol. The molecular weight excluding hydrogens is 299 g/mol. The predicted octanol–water partition coefficient (Wildman–Crippen LogP) is 5.53. The average Bonchev–Trinajstić information content (AvgIpc) is 3.23. The Hall–Kier alpha value is -1.27. The molecule has 0 nitrogen and oxygen atoms in total. The van der Waals surface area contributed by atoms with Gasteiger partial charge in [0.2, 0.25) is 0 Å². The summed E-state index contributed by atoms with van der Waals surface area (Å²) in [5.41, 5.74) is 7.31. The van der Waals surface area contributed by atoms with Crippen LogP contribution in [0.25, 0.3) is 12.2 Å². The van der Waals surface area contributed by atoms with Gasteiger partial charge in [-0.25, -0.2) is 0 Å². The zero-order valence-electron chi connectivity index (χ0n) is 14.0. The molecular formula is C22H25LiSi.